The summed E-state index contributed by atoms with van der Waals surface area (Å²) >= 11 is 0. The number of hydrogen-bond donors (Lipinski definition) is 1. The van der Waals surface area contributed by atoms with E-state index in [4.69, 9.17) is 9.47 Å². The number of hydrogen-bond acceptors (Lipinski definition) is 3. The maximum atomic E-state index is 12.8. The van der Waals surface area contributed by atoms with Crippen molar-refractivity contribution in [2.45, 2.75) is 31.6 Å². The summed E-state index contributed by atoms with van der Waals surface area (Å²) in [6, 6.07) is 13.9. The molecule has 4 nitrogen and oxygen atoms in total. The molecular weight excluding hydrogens is 302 g/mol. The first-order chi connectivity index (χ1) is 11.8. The van der Waals surface area contributed by atoms with Gasteiger partial charge in [-0.3, -0.25) is 4.79 Å². The van der Waals surface area contributed by atoms with Gasteiger partial charge >= 0.3 is 0 Å². The van der Waals surface area contributed by atoms with Gasteiger partial charge in [0, 0.05) is 18.2 Å². The van der Waals surface area contributed by atoms with Crippen molar-refractivity contribution in [3.63, 3.8) is 0 Å². The number of amides is 1. The molecule has 24 heavy (non-hydrogen) atoms. The number of ether oxygens (including phenoxy) is 2. The van der Waals surface area contributed by atoms with Crippen molar-refractivity contribution in [2.75, 3.05) is 18.5 Å². The van der Waals surface area contributed by atoms with E-state index in [1.54, 1.807) is 0 Å². The molecule has 1 aliphatic carbocycles. The van der Waals surface area contributed by atoms with Crippen molar-refractivity contribution in [1.29, 1.82) is 0 Å². The normalized spacial score (nSPS) is 19.1. The van der Waals surface area contributed by atoms with Gasteiger partial charge in [0.15, 0.2) is 11.5 Å². The van der Waals surface area contributed by atoms with Gasteiger partial charge in [0.05, 0.1) is 19.1 Å². The Bertz CT molecular complexity index is 756. The molecule has 2 aliphatic rings. The van der Waals surface area contributed by atoms with Crippen LogP contribution in [0.4, 0.5) is 5.69 Å². The molecule has 1 heterocycles. The van der Waals surface area contributed by atoms with Crippen LogP contribution >= 0.6 is 0 Å². The first-order valence-corrected chi connectivity index (χ1v) is 8.59. The van der Waals surface area contributed by atoms with Gasteiger partial charge < -0.3 is 14.8 Å². The third kappa shape index (κ3) is 2.96. The molecule has 2 aromatic carbocycles. The average Bonchev–Trinajstić information content (AvgIpc) is 2.86. The number of carbonyl (C=O) groups excluding carboxylic acids is 1. The molecule has 0 fully saturated rings. The fourth-order valence-electron chi connectivity index (χ4n) is 3.50. The summed E-state index contributed by atoms with van der Waals surface area (Å²) in [5, 5.41) is 3.05. The zero-order valence-corrected chi connectivity index (χ0v) is 13.6. The number of anilines is 1. The second-order valence-corrected chi connectivity index (χ2v) is 6.34. The third-order valence-corrected chi connectivity index (χ3v) is 4.70. The van der Waals surface area contributed by atoms with Crippen molar-refractivity contribution in [3.05, 3.63) is 53.6 Å². The van der Waals surface area contributed by atoms with Crippen LogP contribution in [0.1, 0.15) is 36.3 Å². The largest absolute Gasteiger partial charge is 0.490 e. The minimum absolute atomic E-state index is 0.0524. The van der Waals surface area contributed by atoms with Crippen molar-refractivity contribution < 1.29 is 14.3 Å². The quantitative estimate of drug-likeness (QED) is 0.911. The van der Waals surface area contributed by atoms with Gasteiger partial charge in [0.2, 0.25) is 5.91 Å². The molecule has 0 radical (unpaired) electrons. The van der Waals surface area contributed by atoms with Crippen molar-refractivity contribution in [3.8, 4) is 11.5 Å². The fourth-order valence-corrected chi connectivity index (χ4v) is 3.50. The fraction of sp³-hybridized carbons (Fsp3) is 0.350. The summed E-state index contributed by atoms with van der Waals surface area (Å²) in [5.74, 6) is 1.42. The Morgan fingerprint density at radius 3 is 2.75 bits per heavy atom. The monoisotopic (exact) mass is 323 g/mol. The highest BCUT2D eigenvalue weighted by Gasteiger charge is 2.26. The molecule has 0 saturated heterocycles. The van der Waals surface area contributed by atoms with Crippen LogP contribution in [0.25, 0.3) is 0 Å². The summed E-state index contributed by atoms with van der Waals surface area (Å²) in [5.41, 5.74) is 3.21. The van der Waals surface area contributed by atoms with Gasteiger partial charge in [-0.25, -0.2) is 0 Å². The summed E-state index contributed by atoms with van der Waals surface area (Å²) < 4.78 is 11.3. The number of rotatable bonds is 2. The van der Waals surface area contributed by atoms with Gasteiger partial charge in [0.1, 0.15) is 0 Å². The maximum Gasteiger partial charge on any atom is 0.231 e. The molecule has 4 rings (SSSR count). The van der Waals surface area contributed by atoms with Crippen LogP contribution in [0.5, 0.6) is 11.5 Å². The summed E-state index contributed by atoms with van der Waals surface area (Å²) in [4.78, 5) is 12.8. The molecule has 0 spiro atoms. The van der Waals surface area contributed by atoms with Gasteiger partial charge in [-0.2, -0.15) is 0 Å². The smallest absolute Gasteiger partial charge is 0.231 e. The third-order valence-electron chi connectivity index (χ3n) is 4.70. The van der Waals surface area contributed by atoms with Crippen LogP contribution in [0.15, 0.2) is 42.5 Å². The molecule has 2 aromatic rings. The Hall–Kier alpha value is -2.49. The standard InChI is InChI=1S/C20H21NO3/c22-20(17-8-3-6-14-5-1-2-7-16(14)17)21-15-9-10-18-19(13-15)24-12-4-11-23-18/h1-2,5,7,9-10,13,17H,3-4,6,8,11-12H2,(H,21,22). The molecular formula is C20H21NO3. The first kappa shape index (κ1) is 15.1. The lowest BCUT2D eigenvalue weighted by Gasteiger charge is -2.24. The number of aryl methyl sites for hydroxylation is 1. The molecule has 1 amide bonds. The Balaban J connectivity index is 1.54. The highest BCUT2D eigenvalue weighted by molar-refractivity contribution is 5.96. The van der Waals surface area contributed by atoms with Crippen LogP contribution in [-0.2, 0) is 11.2 Å². The van der Waals surface area contributed by atoms with Gasteiger partial charge in [-0.05, 0) is 42.5 Å². The van der Waals surface area contributed by atoms with E-state index in [9.17, 15) is 4.79 Å². The highest BCUT2D eigenvalue weighted by Crippen LogP contribution is 2.35. The second-order valence-electron chi connectivity index (χ2n) is 6.34. The lowest BCUT2D eigenvalue weighted by molar-refractivity contribution is -0.117. The molecule has 1 aliphatic heterocycles. The molecule has 1 N–H and O–H groups in total. The van der Waals surface area contributed by atoms with Crippen LogP contribution in [0.2, 0.25) is 0 Å². The van der Waals surface area contributed by atoms with E-state index in [2.05, 4.69) is 17.4 Å². The zero-order chi connectivity index (χ0) is 16.4. The van der Waals surface area contributed by atoms with E-state index in [0.29, 0.717) is 19.0 Å². The maximum absolute atomic E-state index is 12.8. The molecule has 1 unspecified atom stereocenters. The Morgan fingerprint density at radius 1 is 1.00 bits per heavy atom. The lowest BCUT2D eigenvalue weighted by Crippen LogP contribution is -2.24. The molecule has 1 atom stereocenters. The van der Waals surface area contributed by atoms with Gasteiger partial charge in [-0.1, -0.05) is 24.3 Å². The van der Waals surface area contributed by atoms with Crippen LogP contribution in [0, 0.1) is 0 Å². The summed E-state index contributed by atoms with van der Waals surface area (Å²) in [7, 11) is 0. The number of carbonyl (C=O) groups is 1. The number of nitrogens with one attached hydrogen (secondary N) is 1. The summed E-state index contributed by atoms with van der Waals surface area (Å²) in [6.45, 7) is 1.30. The van der Waals surface area contributed by atoms with E-state index in [1.165, 1.54) is 5.56 Å². The van der Waals surface area contributed by atoms with Crippen molar-refractivity contribution in [2.24, 2.45) is 0 Å². The van der Waals surface area contributed by atoms with Crippen LogP contribution in [0.3, 0.4) is 0 Å². The van der Waals surface area contributed by atoms with Crippen molar-refractivity contribution in [1.82, 2.24) is 0 Å². The molecule has 0 saturated carbocycles. The van der Waals surface area contributed by atoms with E-state index in [-0.39, 0.29) is 11.8 Å². The first-order valence-electron chi connectivity index (χ1n) is 8.59. The Labute approximate surface area is 141 Å². The second kappa shape index (κ2) is 6.56. The Kier molecular flexibility index (Phi) is 4.11. The molecule has 0 bridgehead atoms. The lowest BCUT2D eigenvalue weighted by atomic mass is 9.82. The van der Waals surface area contributed by atoms with Gasteiger partial charge in [-0.15, -0.1) is 0 Å². The molecule has 0 aromatic heterocycles. The SMILES string of the molecule is O=C(Nc1ccc2c(c1)OCCCO2)C1CCCc2ccccc21. The van der Waals surface area contributed by atoms with Gasteiger partial charge in [0.25, 0.3) is 0 Å². The van der Waals surface area contributed by atoms with E-state index < -0.39 is 0 Å². The number of fused-ring (bicyclic) bond motifs is 2. The number of benzene rings is 2. The molecule has 4 heteroatoms. The van der Waals surface area contributed by atoms with E-state index in [0.717, 1.165) is 42.7 Å². The Morgan fingerprint density at radius 2 is 1.83 bits per heavy atom. The zero-order valence-electron chi connectivity index (χ0n) is 13.6. The van der Waals surface area contributed by atoms with Crippen molar-refractivity contribution >= 4 is 11.6 Å². The topological polar surface area (TPSA) is 47.6 Å². The summed E-state index contributed by atoms with van der Waals surface area (Å²) in [6.07, 6.45) is 3.88. The molecule has 124 valence electrons. The minimum atomic E-state index is -0.0778. The van der Waals surface area contributed by atoms with Crippen LogP contribution in [-0.4, -0.2) is 19.1 Å². The minimum Gasteiger partial charge on any atom is -0.490 e. The predicted octanol–water partition coefficient (Wildman–Crippen LogP) is 3.91. The van der Waals surface area contributed by atoms with E-state index >= 15 is 0 Å². The average molecular weight is 323 g/mol. The van der Waals surface area contributed by atoms with Crippen LogP contribution < -0.4 is 14.8 Å². The highest BCUT2D eigenvalue weighted by atomic mass is 16.5. The predicted molar refractivity (Wildman–Crippen MR) is 92.8 cm³/mol. The van der Waals surface area contributed by atoms with E-state index in [1.807, 2.05) is 30.3 Å².